The van der Waals surface area contributed by atoms with Crippen LogP contribution in [-0.2, 0) is 11.3 Å². The van der Waals surface area contributed by atoms with Crippen LogP contribution in [0.1, 0.15) is 11.1 Å². The Bertz CT molecular complexity index is 722. The number of anilines is 1. The van der Waals surface area contributed by atoms with Crippen molar-refractivity contribution in [2.75, 3.05) is 44.7 Å². The largest absolute Gasteiger partial charge is 0.497 e. The first-order chi connectivity index (χ1) is 12.6. The van der Waals surface area contributed by atoms with Gasteiger partial charge in [-0.15, -0.1) is 0 Å². The van der Waals surface area contributed by atoms with Crippen LogP contribution < -0.4 is 15.0 Å². The lowest BCUT2D eigenvalue weighted by Crippen LogP contribution is -2.49. The van der Waals surface area contributed by atoms with Crippen molar-refractivity contribution < 1.29 is 9.53 Å². The maximum atomic E-state index is 12.2. The summed E-state index contributed by atoms with van der Waals surface area (Å²) < 4.78 is 5.21. The fourth-order valence-electron chi connectivity index (χ4n) is 3.24. The van der Waals surface area contributed by atoms with Gasteiger partial charge in [-0.3, -0.25) is 9.69 Å². The monoisotopic (exact) mass is 353 g/mol. The normalized spacial score (nSPS) is 14.9. The number of aryl methyl sites for hydroxylation is 1. The first-order valence-electron chi connectivity index (χ1n) is 9.07. The summed E-state index contributed by atoms with van der Waals surface area (Å²) in [5.41, 5.74) is 3.56. The molecule has 1 saturated heterocycles. The van der Waals surface area contributed by atoms with Crippen molar-refractivity contribution >= 4 is 11.6 Å². The number of nitrogens with zero attached hydrogens (tertiary/aromatic N) is 2. The Morgan fingerprint density at radius 3 is 2.46 bits per heavy atom. The molecule has 0 atom stereocenters. The van der Waals surface area contributed by atoms with E-state index in [4.69, 9.17) is 4.74 Å². The Morgan fingerprint density at radius 2 is 1.81 bits per heavy atom. The molecule has 5 nitrogen and oxygen atoms in total. The Balaban J connectivity index is 1.42. The van der Waals surface area contributed by atoms with Crippen LogP contribution in [0.5, 0.6) is 5.75 Å². The molecule has 0 bridgehead atoms. The van der Waals surface area contributed by atoms with Gasteiger partial charge in [0.15, 0.2) is 0 Å². The van der Waals surface area contributed by atoms with Gasteiger partial charge in [-0.2, -0.15) is 0 Å². The minimum atomic E-state index is 0.0874. The third-order valence-corrected chi connectivity index (χ3v) is 4.75. The zero-order valence-corrected chi connectivity index (χ0v) is 15.6. The molecule has 0 unspecified atom stereocenters. The first kappa shape index (κ1) is 18.3. The van der Waals surface area contributed by atoms with Gasteiger partial charge in [0.25, 0.3) is 0 Å². The number of hydrogen-bond donors (Lipinski definition) is 1. The summed E-state index contributed by atoms with van der Waals surface area (Å²) in [6, 6.07) is 16.4. The Kier molecular flexibility index (Phi) is 6.12. The van der Waals surface area contributed by atoms with E-state index < -0.39 is 0 Å². The highest BCUT2D eigenvalue weighted by Crippen LogP contribution is 2.20. The van der Waals surface area contributed by atoms with E-state index in [1.165, 1.54) is 11.3 Å². The van der Waals surface area contributed by atoms with E-state index in [-0.39, 0.29) is 5.91 Å². The van der Waals surface area contributed by atoms with Crippen LogP contribution in [0.15, 0.2) is 48.5 Å². The Morgan fingerprint density at radius 1 is 1.08 bits per heavy atom. The van der Waals surface area contributed by atoms with Crippen molar-refractivity contribution in [3.63, 3.8) is 0 Å². The zero-order valence-electron chi connectivity index (χ0n) is 15.6. The number of ether oxygens (including phenoxy) is 1. The number of methoxy groups -OCH3 is 1. The topological polar surface area (TPSA) is 44.8 Å². The number of carbonyl (C=O) groups excluding carboxylic acids is 1. The molecular weight excluding hydrogens is 326 g/mol. The predicted molar refractivity (Wildman–Crippen MR) is 105 cm³/mol. The average molecular weight is 353 g/mol. The van der Waals surface area contributed by atoms with Crippen molar-refractivity contribution in [2.24, 2.45) is 0 Å². The molecule has 0 radical (unpaired) electrons. The molecule has 3 rings (SSSR count). The van der Waals surface area contributed by atoms with E-state index in [0.717, 1.165) is 37.5 Å². The Hall–Kier alpha value is -2.53. The van der Waals surface area contributed by atoms with Gasteiger partial charge in [0.2, 0.25) is 5.91 Å². The van der Waals surface area contributed by atoms with Gasteiger partial charge < -0.3 is 15.0 Å². The summed E-state index contributed by atoms with van der Waals surface area (Å²) in [7, 11) is 1.68. The highest BCUT2D eigenvalue weighted by molar-refractivity contribution is 5.78. The number of piperazine rings is 1. The van der Waals surface area contributed by atoms with E-state index >= 15 is 0 Å². The van der Waals surface area contributed by atoms with Crippen molar-refractivity contribution in [2.45, 2.75) is 13.5 Å². The zero-order chi connectivity index (χ0) is 18.4. The summed E-state index contributed by atoms with van der Waals surface area (Å²) in [6.07, 6.45) is 0. The second-order valence-corrected chi connectivity index (χ2v) is 6.73. The lowest BCUT2D eigenvalue weighted by Gasteiger charge is -2.35. The quantitative estimate of drug-likeness (QED) is 0.866. The number of rotatable bonds is 6. The Labute approximate surface area is 155 Å². The standard InChI is InChI=1S/C21H27N3O2/c1-17-4-3-5-18(14-17)15-22-21(25)16-23-10-12-24(13-11-23)19-6-8-20(26-2)9-7-19/h3-9,14H,10-13,15-16H2,1-2H3,(H,22,25). The van der Waals surface area contributed by atoms with E-state index in [1.54, 1.807) is 7.11 Å². The highest BCUT2D eigenvalue weighted by Gasteiger charge is 2.19. The molecule has 1 N–H and O–H groups in total. The molecule has 5 heteroatoms. The maximum Gasteiger partial charge on any atom is 0.234 e. The van der Waals surface area contributed by atoms with E-state index in [1.807, 2.05) is 24.3 Å². The third-order valence-electron chi connectivity index (χ3n) is 4.75. The van der Waals surface area contributed by atoms with Gasteiger partial charge in [0.05, 0.1) is 13.7 Å². The summed E-state index contributed by atoms with van der Waals surface area (Å²) in [5, 5.41) is 3.02. The fraction of sp³-hybridized carbons (Fsp3) is 0.381. The molecular formula is C21H27N3O2. The van der Waals surface area contributed by atoms with Gasteiger partial charge in [-0.25, -0.2) is 0 Å². The lowest BCUT2D eigenvalue weighted by atomic mass is 10.1. The molecule has 0 spiro atoms. The average Bonchev–Trinajstić information content (AvgIpc) is 2.67. The van der Waals surface area contributed by atoms with Gasteiger partial charge in [0, 0.05) is 38.4 Å². The van der Waals surface area contributed by atoms with Crippen LogP contribution in [0, 0.1) is 6.92 Å². The van der Waals surface area contributed by atoms with Crippen molar-refractivity contribution in [1.82, 2.24) is 10.2 Å². The molecule has 2 aromatic carbocycles. The van der Waals surface area contributed by atoms with Gasteiger partial charge >= 0.3 is 0 Å². The van der Waals surface area contributed by atoms with Crippen LogP contribution in [-0.4, -0.2) is 50.6 Å². The van der Waals surface area contributed by atoms with E-state index in [9.17, 15) is 4.79 Å². The molecule has 26 heavy (non-hydrogen) atoms. The number of hydrogen-bond acceptors (Lipinski definition) is 4. The summed E-state index contributed by atoms with van der Waals surface area (Å²) in [4.78, 5) is 16.8. The third kappa shape index (κ3) is 4.99. The SMILES string of the molecule is COc1ccc(N2CCN(CC(=O)NCc3cccc(C)c3)CC2)cc1. The predicted octanol–water partition coefficient (Wildman–Crippen LogP) is 2.44. The highest BCUT2D eigenvalue weighted by atomic mass is 16.5. The summed E-state index contributed by atoms with van der Waals surface area (Å²) in [6.45, 7) is 6.75. The molecule has 1 fully saturated rings. The molecule has 1 amide bonds. The van der Waals surface area contributed by atoms with Gasteiger partial charge in [0.1, 0.15) is 5.75 Å². The fourth-order valence-corrected chi connectivity index (χ4v) is 3.24. The molecule has 0 aromatic heterocycles. The number of amides is 1. The number of carbonyl (C=O) groups is 1. The van der Waals surface area contributed by atoms with Crippen LogP contribution >= 0.6 is 0 Å². The number of nitrogens with one attached hydrogen (secondary N) is 1. The van der Waals surface area contributed by atoms with E-state index in [0.29, 0.717) is 13.1 Å². The molecule has 1 heterocycles. The van der Waals surface area contributed by atoms with Gasteiger partial charge in [-0.05, 0) is 36.8 Å². The van der Waals surface area contributed by atoms with Crippen LogP contribution in [0.4, 0.5) is 5.69 Å². The van der Waals surface area contributed by atoms with Crippen LogP contribution in [0.2, 0.25) is 0 Å². The molecule has 1 aliphatic rings. The molecule has 1 aliphatic heterocycles. The molecule has 2 aromatic rings. The maximum absolute atomic E-state index is 12.2. The summed E-state index contributed by atoms with van der Waals surface area (Å²) >= 11 is 0. The molecule has 0 aliphatic carbocycles. The minimum absolute atomic E-state index is 0.0874. The lowest BCUT2D eigenvalue weighted by molar-refractivity contribution is -0.122. The number of benzene rings is 2. The first-order valence-corrected chi connectivity index (χ1v) is 9.07. The van der Waals surface area contributed by atoms with Crippen molar-refractivity contribution in [1.29, 1.82) is 0 Å². The van der Waals surface area contributed by atoms with E-state index in [2.05, 4.69) is 46.3 Å². The van der Waals surface area contributed by atoms with Gasteiger partial charge in [-0.1, -0.05) is 29.8 Å². The second-order valence-electron chi connectivity index (χ2n) is 6.73. The molecule has 138 valence electrons. The second kappa shape index (κ2) is 8.72. The summed E-state index contributed by atoms with van der Waals surface area (Å²) in [5.74, 6) is 0.960. The smallest absolute Gasteiger partial charge is 0.234 e. The van der Waals surface area contributed by atoms with Crippen LogP contribution in [0.25, 0.3) is 0 Å². The van der Waals surface area contributed by atoms with Crippen molar-refractivity contribution in [3.8, 4) is 5.75 Å². The van der Waals surface area contributed by atoms with Crippen LogP contribution in [0.3, 0.4) is 0 Å². The van der Waals surface area contributed by atoms with Crippen molar-refractivity contribution in [3.05, 3.63) is 59.7 Å². The molecule has 0 saturated carbocycles. The minimum Gasteiger partial charge on any atom is -0.497 e.